The van der Waals surface area contributed by atoms with Crippen molar-refractivity contribution < 1.29 is 4.74 Å². The molecule has 0 saturated carbocycles. The summed E-state index contributed by atoms with van der Waals surface area (Å²) in [7, 11) is 0. The van der Waals surface area contributed by atoms with Gasteiger partial charge < -0.3 is 13.9 Å². The third-order valence-corrected chi connectivity index (χ3v) is 14.4. The molecule has 0 fully saturated rings. The average molecular weight is 898 g/mol. The molecule has 1 aliphatic heterocycles. The van der Waals surface area contributed by atoms with Crippen LogP contribution in [0.5, 0.6) is 5.75 Å². The lowest BCUT2D eigenvalue weighted by atomic mass is 9.76. The lowest BCUT2D eigenvalue weighted by Crippen LogP contribution is -2.15. The zero-order valence-electron chi connectivity index (χ0n) is 38.2. The van der Waals surface area contributed by atoms with Gasteiger partial charge in [0.25, 0.3) is 0 Å². The van der Waals surface area contributed by atoms with Crippen LogP contribution in [0.4, 0.5) is 0 Å². The molecule has 0 saturated heterocycles. The van der Waals surface area contributed by atoms with Crippen LogP contribution >= 0.6 is 0 Å². The van der Waals surface area contributed by atoms with Crippen molar-refractivity contribution in [3.8, 4) is 62.4 Å². The van der Waals surface area contributed by atoms with Crippen LogP contribution in [0, 0.1) is 5.92 Å². The lowest BCUT2D eigenvalue weighted by Gasteiger charge is -2.26. The van der Waals surface area contributed by atoms with Crippen molar-refractivity contribution in [1.82, 2.24) is 24.1 Å². The van der Waals surface area contributed by atoms with Gasteiger partial charge in [-0.05, 0) is 107 Å². The van der Waals surface area contributed by atoms with E-state index in [0.29, 0.717) is 17.5 Å². The van der Waals surface area contributed by atoms with E-state index in [0.717, 1.165) is 45.1 Å². The third kappa shape index (κ3) is 6.37. The largest absolute Gasteiger partial charge is 0.460 e. The van der Waals surface area contributed by atoms with Crippen molar-refractivity contribution >= 4 is 49.2 Å². The number of hydrogen-bond donors (Lipinski definition) is 0. The molecule has 6 heteroatoms. The first-order valence-electron chi connectivity index (χ1n) is 24.0. The summed E-state index contributed by atoms with van der Waals surface area (Å²) in [6.45, 7) is 2.33. The number of benzene rings is 9. The maximum absolute atomic E-state index is 6.86. The van der Waals surface area contributed by atoms with Crippen molar-refractivity contribution in [2.45, 2.75) is 12.8 Å². The van der Waals surface area contributed by atoms with Gasteiger partial charge in [-0.15, -0.1) is 0 Å². The van der Waals surface area contributed by atoms with Crippen molar-refractivity contribution in [2.24, 2.45) is 5.92 Å². The molecule has 0 N–H and O–H groups in total. The molecule has 12 aromatic rings. The first-order chi connectivity index (χ1) is 34.6. The van der Waals surface area contributed by atoms with Gasteiger partial charge in [-0.2, -0.15) is 0 Å². The number of rotatable bonds is 7. The van der Waals surface area contributed by atoms with Crippen molar-refractivity contribution in [3.63, 3.8) is 0 Å². The summed E-state index contributed by atoms with van der Waals surface area (Å²) in [6, 6.07) is 77.6. The van der Waals surface area contributed by atoms with Gasteiger partial charge in [-0.1, -0.05) is 159 Å². The number of fused-ring (bicyclic) bond motifs is 9. The van der Waals surface area contributed by atoms with Crippen LogP contribution in [0.25, 0.3) is 106 Å². The van der Waals surface area contributed by atoms with Gasteiger partial charge in [0, 0.05) is 49.6 Å². The normalized spacial score (nSPS) is 15.2. The fourth-order valence-electron chi connectivity index (χ4n) is 11.1. The Bertz CT molecular complexity index is 4040. The van der Waals surface area contributed by atoms with E-state index in [1.165, 1.54) is 65.9 Å². The predicted molar refractivity (Wildman–Crippen MR) is 285 cm³/mol. The monoisotopic (exact) mass is 897 g/mol. The van der Waals surface area contributed by atoms with E-state index in [4.69, 9.17) is 19.7 Å². The molecule has 4 heterocycles. The van der Waals surface area contributed by atoms with Crippen LogP contribution in [0.1, 0.15) is 24.0 Å². The van der Waals surface area contributed by atoms with E-state index in [1.807, 2.05) is 60.7 Å². The van der Waals surface area contributed by atoms with E-state index in [1.54, 1.807) is 0 Å². The van der Waals surface area contributed by atoms with Crippen molar-refractivity contribution in [2.75, 3.05) is 0 Å². The van der Waals surface area contributed by atoms with Crippen LogP contribution in [0.15, 0.2) is 236 Å². The van der Waals surface area contributed by atoms with Gasteiger partial charge in [0.2, 0.25) is 0 Å². The van der Waals surface area contributed by atoms with Crippen LogP contribution in [0.2, 0.25) is 0 Å². The number of hydrogen-bond acceptors (Lipinski definition) is 4. The van der Waals surface area contributed by atoms with E-state index in [-0.39, 0.29) is 11.8 Å². The molecular formula is C64H43N5O. The summed E-state index contributed by atoms with van der Waals surface area (Å²) in [5.74, 6) is 3.72. The summed E-state index contributed by atoms with van der Waals surface area (Å²) in [5.41, 5.74) is 15.7. The van der Waals surface area contributed by atoms with Crippen LogP contribution in [-0.4, -0.2) is 24.1 Å². The summed E-state index contributed by atoms with van der Waals surface area (Å²) >= 11 is 0. The van der Waals surface area contributed by atoms with E-state index in [2.05, 4.69) is 186 Å². The molecule has 0 spiro atoms. The Kier molecular flexibility index (Phi) is 9.14. The molecule has 9 aromatic carbocycles. The molecule has 0 bridgehead atoms. The van der Waals surface area contributed by atoms with E-state index >= 15 is 0 Å². The fourth-order valence-corrected chi connectivity index (χ4v) is 11.1. The quantitative estimate of drug-likeness (QED) is 0.160. The van der Waals surface area contributed by atoms with Crippen LogP contribution in [-0.2, 0) is 0 Å². The van der Waals surface area contributed by atoms with E-state index < -0.39 is 0 Å². The Morgan fingerprint density at radius 2 is 0.857 bits per heavy atom. The van der Waals surface area contributed by atoms with Gasteiger partial charge in [-0.3, -0.25) is 0 Å². The fraction of sp³-hybridized carbons (Fsp3) is 0.0469. The highest BCUT2D eigenvalue weighted by atomic mass is 16.5. The Labute approximate surface area is 404 Å². The zero-order chi connectivity index (χ0) is 46.3. The van der Waals surface area contributed by atoms with Crippen molar-refractivity contribution in [3.05, 3.63) is 247 Å². The minimum absolute atomic E-state index is 0.0229. The van der Waals surface area contributed by atoms with Gasteiger partial charge in [0.05, 0.1) is 33.5 Å². The molecule has 3 aromatic heterocycles. The Morgan fingerprint density at radius 3 is 1.44 bits per heavy atom. The van der Waals surface area contributed by atoms with Crippen LogP contribution < -0.4 is 4.74 Å². The Hall–Kier alpha value is -9.13. The second kappa shape index (κ2) is 16.0. The second-order valence-corrected chi connectivity index (χ2v) is 18.4. The number of nitrogens with zero attached hydrogens (tertiary/aromatic N) is 5. The molecule has 2 atom stereocenters. The molecule has 2 unspecified atom stereocenters. The molecule has 2 aliphatic rings. The molecule has 0 radical (unpaired) electrons. The highest BCUT2D eigenvalue weighted by Crippen LogP contribution is 2.54. The standard InChI is InChI=1S/C64H43N5O/c1-40-48(32-36-59-60(40)50-26-16-27-51(61(50)70-59)64-66-62(41-17-6-2-7-18-41)65-63(67-64)42-19-8-3-9-20-42)45-31-35-58-54(39-45)53-38-44(30-34-57(53)69(58)47-23-12-5-13-24-47)43-29-33-56-52(37-43)49-25-14-15-28-55(49)68(56)46-21-10-4-11-22-46/h2-40,60H,1H3. The summed E-state index contributed by atoms with van der Waals surface area (Å²) in [5, 5.41) is 4.91. The highest BCUT2D eigenvalue weighted by molar-refractivity contribution is 6.13. The van der Waals surface area contributed by atoms with Crippen LogP contribution in [0.3, 0.4) is 0 Å². The molecular weight excluding hydrogens is 855 g/mol. The zero-order valence-corrected chi connectivity index (χ0v) is 38.2. The summed E-state index contributed by atoms with van der Waals surface area (Å²) in [6.07, 6.45) is 4.43. The SMILES string of the molecule is CC1C(c2ccc3c(c2)c2cc(-c4ccc5c(c4)c4ccccc4n5-c4ccccc4)ccc2n3-c2ccccc2)=CC=C2Oc3c(-c4nc(-c5ccccc5)nc(-c5ccccc5)n4)cccc3C21. The second-order valence-electron chi connectivity index (χ2n) is 18.4. The number of ether oxygens (including phenoxy) is 1. The number of allylic oxidation sites excluding steroid dienone is 4. The minimum atomic E-state index is 0.0229. The Balaban J connectivity index is 0.866. The topological polar surface area (TPSA) is 57.8 Å². The molecule has 14 rings (SSSR count). The number of para-hydroxylation sites is 4. The van der Waals surface area contributed by atoms with Crippen molar-refractivity contribution in [1.29, 1.82) is 0 Å². The third-order valence-electron chi connectivity index (χ3n) is 14.4. The Morgan fingerprint density at radius 1 is 0.386 bits per heavy atom. The summed E-state index contributed by atoms with van der Waals surface area (Å²) in [4.78, 5) is 15.1. The minimum Gasteiger partial charge on any atom is -0.460 e. The summed E-state index contributed by atoms with van der Waals surface area (Å²) < 4.78 is 11.6. The maximum atomic E-state index is 6.86. The molecule has 0 amide bonds. The average Bonchev–Trinajstić information content (AvgIpc) is 4.09. The van der Waals surface area contributed by atoms with Gasteiger partial charge >= 0.3 is 0 Å². The number of aromatic nitrogens is 5. The highest BCUT2D eigenvalue weighted by Gasteiger charge is 2.39. The van der Waals surface area contributed by atoms with Gasteiger partial charge in [0.1, 0.15) is 11.5 Å². The van der Waals surface area contributed by atoms with E-state index in [9.17, 15) is 0 Å². The maximum Gasteiger partial charge on any atom is 0.167 e. The first kappa shape index (κ1) is 40.0. The molecule has 330 valence electrons. The molecule has 1 aliphatic carbocycles. The van der Waals surface area contributed by atoms with Gasteiger partial charge in [0.15, 0.2) is 17.5 Å². The predicted octanol–water partition coefficient (Wildman–Crippen LogP) is 15.8. The molecule has 6 nitrogen and oxygen atoms in total. The smallest absolute Gasteiger partial charge is 0.167 e. The molecule has 70 heavy (non-hydrogen) atoms. The first-order valence-corrected chi connectivity index (χ1v) is 24.0. The lowest BCUT2D eigenvalue weighted by molar-refractivity contribution is 0.408. The van der Waals surface area contributed by atoms with Gasteiger partial charge in [-0.25, -0.2) is 15.0 Å².